The van der Waals surface area contributed by atoms with Gasteiger partial charge in [0.15, 0.2) is 0 Å². The number of hydrogen-bond donors (Lipinski definition) is 1. The van der Waals surface area contributed by atoms with E-state index in [-0.39, 0.29) is 23.3 Å². The van der Waals surface area contributed by atoms with Crippen molar-refractivity contribution >= 4 is 29.3 Å². The Hall–Kier alpha value is -2.54. The first-order chi connectivity index (χ1) is 14.0. The summed E-state index contributed by atoms with van der Waals surface area (Å²) in [6.07, 6.45) is 2.98. The molecule has 0 radical (unpaired) electrons. The van der Waals surface area contributed by atoms with Crippen LogP contribution in [0.3, 0.4) is 0 Å². The topological polar surface area (TPSA) is 71.4 Å². The lowest BCUT2D eigenvalue weighted by Crippen LogP contribution is -2.49. The molecule has 2 aliphatic rings. The molecule has 1 N–H and O–H groups in total. The molecule has 0 spiro atoms. The third-order valence-electron chi connectivity index (χ3n) is 5.74. The first kappa shape index (κ1) is 19.8. The molecule has 2 aliphatic heterocycles. The number of nitrogens with zero attached hydrogens (tertiary/aromatic N) is 2. The van der Waals surface area contributed by atoms with Crippen LogP contribution in [0, 0.1) is 5.92 Å². The van der Waals surface area contributed by atoms with E-state index < -0.39 is 0 Å². The maximum atomic E-state index is 13.2. The lowest BCUT2D eigenvalue weighted by Gasteiger charge is -2.43. The van der Waals surface area contributed by atoms with Gasteiger partial charge in [-0.05, 0) is 48.4 Å². The van der Waals surface area contributed by atoms with E-state index in [4.69, 9.17) is 0 Å². The number of carbonyl (C=O) groups is 2. The number of benzene rings is 1. The molecule has 1 fully saturated rings. The molecule has 3 heterocycles. The van der Waals surface area contributed by atoms with Crippen LogP contribution in [0.25, 0.3) is 11.1 Å². The summed E-state index contributed by atoms with van der Waals surface area (Å²) in [7, 11) is 0. The van der Waals surface area contributed by atoms with Gasteiger partial charge in [0.05, 0.1) is 5.75 Å². The van der Waals surface area contributed by atoms with Gasteiger partial charge in [-0.2, -0.15) is 11.8 Å². The molecule has 6 nitrogen and oxygen atoms in total. The van der Waals surface area contributed by atoms with Gasteiger partial charge < -0.3 is 14.8 Å². The second kappa shape index (κ2) is 8.06. The van der Waals surface area contributed by atoms with Crippen LogP contribution in [0.1, 0.15) is 25.0 Å². The summed E-state index contributed by atoms with van der Waals surface area (Å²) in [6, 6.07) is 11.3. The first-order valence-corrected chi connectivity index (χ1v) is 11.2. The molecular weight excluding hydrogens is 386 g/mol. The molecule has 2 aromatic rings. The van der Waals surface area contributed by atoms with E-state index in [1.807, 2.05) is 52.1 Å². The van der Waals surface area contributed by atoms with Crippen molar-refractivity contribution in [3.63, 3.8) is 0 Å². The van der Waals surface area contributed by atoms with Crippen molar-refractivity contribution in [1.82, 2.24) is 9.47 Å². The highest BCUT2D eigenvalue weighted by Gasteiger charge is 2.36. The van der Waals surface area contributed by atoms with Crippen molar-refractivity contribution in [2.24, 2.45) is 5.92 Å². The molecule has 7 heteroatoms. The molecule has 4 rings (SSSR count). The molecular formula is C22H25N3O3S. The summed E-state index contributed by atoms with van der Waals surface area (Å²) < 4.78 is 1.91. The van der Waals surface area contributed by atoms with Crippen LogP contribution in [-0.2, 0) is 16.1 Å². The lowest BCUT2D eigenvalue weighted by molar-refractivity contribution is -0.131. The van der Waals surface area contributed by atoms with Crippen LogP contribution >= 0.6 is 11.8 Å². The number of piperidine rings is 1. The smallest absolute Gasteiger partial charge is 0.258 e. The third kappa shape index (κ3) is 3.96. The maximum absolute atomic E-state index is 13.2. The van der Waals surface area contributed by atoms with Crippen LogP contribution in [0.2, 0.25) is 0 Å². The number of likely N-dealkylation sites (tertiary alicyclic amines) is 1. The summed E-state index contributed by atoms with van der Waals surface area (Å²) in [4.78, 5) is 38.7. The zero-order chi connectivity index (χ0) is 20.5. The van der Waals surface area contributed by atoms with Crippen LogP contribution in [0.4, 0.5) is 5.69 Å². The number of amides is 2. The average Bonchev–Trinajstić information content (AvgIpc) is 2.69. The van der Waals surface area contributed by atoms with Crippen LogP contribution in [-0.4, -0.2) is 46.4 Å². The van der Waals surface area contributed by atoms with Crippen molar-refractivity contribution in [3.8, 4) is 11.1 Å². The van der Waals surface area contributed by atoms with E-state index in [9.17, 15) is 14.4 Å². The Kier molecular flexibility index (Phi) is 5.50. The summed E-state index contributed by atoms with van der Waals surface area (Å²) in [5.41, 5.74) is 3.27. The fourth-order valence-electron chi connectivity index (χ4n) is 4.52. The standard InChI is InChI=1S/C22H25N3O3S/c1-14(26)23-18-5-3-16(4-6-18)19-7-8-20-17-9-15(11-25(20)22(19)28)10-24(12-17)21(27)13-29-2/h3-8,15,17H,9-13H2,1-2H3,(H,23,26)/t15-,17+/m0/s1. The quantitative estimate of drug-likeness (QED) is 0.840. The Balaban J connectivity index is 1.62. The molecule has 2 bridgehead atoms. The van der Waals surface area contributed by atoms with Crippen molar-refractivity contribution in [3.05, 3.63) is 52.4 Å². The molecule has 0 aliphatic carbocycles. The minimum absolute atomic E-state index is 0.0216. The van der Waals surface area contributed by atoms with Gasteiger partial charge in [-0.15, -0.1) is 0 Å². The molecule has 2 atom stereocenters. The highest BCUT2D eigenvalue weighted by Crippen LogP contribution is 2.36. The van der Waals surface area contributed by atoms with Gasteiger partial charge in [-0.1, -0.05) is 12.1 Å². The number of thioether (sulfide) groups is 1. The maximum Gasteiger partial charge on any atom is 0.258 e. The number of nitrogens with one attached hydrogen (secondary N) is 1. The summed E-state index contributed by atoms with van der Waals surface area (Å²) >= 11 is 1.55. The zero-order valence-corrected chi connectivity index (χ0v) is 17.5. The Labute approximate surface area is 174 Å². The number of pyridine rings is 1. The molecule has 1 saturated heterocycles. The van der Waals surface area contributed by atoms with E-state index in [1.165, 1.54) is 6.92 Å². The highest BCUT2D eigenvalue weighted by molar-refractivity contribution is 7.99. The van der Waals surface area contributed by atoms with Gasteiger partial charge in [0.2, 0.25) is 11.8 Å². The van der Waals surface area contributed by atoms with Crippen molar-refractivity contribution in [2.75, 3.05) is 30.4 Å². The Morgan fingerprint density at radius 3 is 2.55 bits per heavy atom. The number of carbonyl (C=O) groups excluding carboxylic acids is 2. The Bertz CT molecular complexity index is 999. The molecule has 1 aromatic heterocycles. The molecule has 0 unspecified atom stereocenters. The summed E-state index contributed by atoms with van der Waals surface area (Å²) in [5, 5.41) is 2.74. The van der Waals surface area contributed by atoms with E-state index in [0.29, 0.717) is 36.0 Å². The van der Waals surface area contributed by atoms with Crippen LogP contribution in [0.15, 0.2) is 41.2 Å². The Morgan fingerprint density at radius 1 is 1.10 bits per heavy atom. The number of anilines is 1. The zero-order valence-electron chi connectivity index (χ0n) is 16.7. The lowest BCUT2D eigenvalue weighted by atomic mass is 9.82. The van der Waals surface area contributed by atoms with Gasteiger partial charge in [0, 0.05) is 49.4 Å². The molecule has 152 valence electrons. The fourth-order valence-corrected chi connectivity index (χ4v) is 4.95. The number of aromatic nitrogens is 1. The summed E-state index contributed by atoms with van der Waals surface area (Å²) in [5.74, 6) is 1.13. The Morgan fingerprint density at radius 2 is 1.86 bits per heavy atom. The SMILES string of the molecule is CSCC(=O)N1C[C@@H]2C[C@H](C1)c1ccc(-c3ccc(NC(C)=O)cc3)c(=O)n1C2. The normalized spacial score (nSPS) is 20.1. The van der Waals surface area contributed by atoms with Crippen LogP contribution < -0.4 is 10.9 Å². The predicted octanol–water partition coefficient (Wildman–Crippen LogP) is 2.78. The van der Waals surface area contributed by atoms with Gasteiger partial charge in [0.25, 0.3) is 5.56 Å². The van der Waals surface area contributed by atoms with E-state index in [1.54, 1.807) is 11.8 Å². The molecule has 2 amide bonds. The van der Waals surface area contributed by atoms with E-state index >= 15 is 0 Å². The second-order valence-corrected chi connectivity index (χ2v) is 8.74. The van der Waals surface area contributed by atoms with Crippen molar-refractivity contribution in [1.29, 1.82) is 0 Å². The van der Waals surface area contributed by atoms with Gasteiger partial charge in [-0.3, -0.25) is 14.4 Å². The molecule has 29 heavy (non-hydrogen) atoms. The second-order valence-electron chi connectivity index (χ2n) is 7.88. The van der Waals surface area contributed by atoms with Crippen molar-refractivity contribution in [2.45, 2.75) is 25.8 Å². The van der Waals surface area contributed by atoms with Crippen LogP contribution in [0.5, 0.6) is 0 Å². The van der Waals surface area contributed by atoms with Crippen molar-refractivity contribution < 1.29 is 9.59 Å². The first-order valence-electron chi connectivity index (χ1n) is 9.84. The minimum atomic E-state index is -0.122. The van der Waals surface area contributed by atoms with Gasteiger partial charge in [-0.25, -0.2) is 0 Å². The highest BCUT2D eigenvalue weighted by atomic mass is 32.2. The third-order valence-corrected chi connectivity index (χ3v) is 6.28. The predicted molar refractivity (Wildman–Crippen MR) is 116 cm³/mol. The number of fused-ring (bicyclic) bond motifs is 4. The van der Waals surface area contributed by atoms with Gasteiger partial charge >= 0.3 is 0 Å². The number of hydrogen-bond acceptors (Lipinski definition) is 4. The summed E-state index contributed by atoms with van der Waals surface area (Å²) in [6.45, 7) is 3.56. The monoisotopic (exact) mass is 411 g/mol. The average molecular weight is 412 g/mol. The minimum Gasteiger partial charge on any atom is -0.341 e. The number of rotatable bonds is 4. The molecule has 0 saturated carbocycles. The molecule has 1 aromatic carbocycles. The van der Waals surface area contributed by atoms with E-state index in [0.717, 1.165) is 24.2 Å². The largest absolute Gasteiger partial charge is 0.341 e. The fraction of sp³-hybridized carbons (Fsp3) is 0.409. The van der Waals surface area contributed by atoms with E-state index in [2.05, 4.69) is 5.32 Å². The van der Waals surface area contributed by atoms with Gasteiger partial charge in [0.1, 0.15) is 0 Å².